The van der Waals surface area contributed by atoms with Crippen molar-refractivity contribution in [3.63, 3.8) is 0 Å². The molecule has 7 nitrogen and oxygen atoms in total. The van der Waals surface area contributed by atoms with Crippen molar-refractivity contribution in [3.05, 3.63) is 36.0 Å². The molecule has 1 aromatic carbocycles. The molecule has 0 atom stereocenters. The standard InChI is InChI=1S/C18H23N3O4/c1-5-8-12-10-13(11-14(23-4)17(12)25-9-6-2)15-16(20-21-19-15)18(22)24-7-3/h5,10-11H,1,6-9H2,2-4H3,(H,19,20,21). The van der Waals surface area contributed by atoms with Crippen molar-refractivity contribution in [1.29, 1.82) is 0 Å². The number of carbonyl (C=O) groups excluding carboxylic acids is 1. The maximum Gasteiger partial charge on any atom is 0.361 e. The number of rotatable bonds is 9. The third-order valence-electron chi connectivity index (χ3n) is 3.46. The SMILES string of the molecule is C=CCc1cc(-c2n[nH]nc2C(=O)OCC)cc(OC)c1OCCC. The molecule has 7 heteroatoms. The number of hydrogen-bond donors (Lipinski definition) is 1. The Bertz CT molecular complexity index is 740. The maximum absolute atomic E-state index is 12.1. The van der Waals surface area contributed by atoms with Crippen LogP contribution in [0.2, 0.25) is 0 Å². The van der Waals surface area contributed by atoms with Crippen LogP contribution >= 0.6 is 0 Å². The van der Waals surface area contributed by atoms with Crippen LogP contribution in [0.25, 0.3) is 11.3 Å². The molecule has 0 aliphatic heterocycles. The molecule has 0 saturated carbocycles. The number of carbonyl (C=O) groups is 1. The lowest BCUT2D eigenvalue weighted by atomic mass is 10.0. The summed E-state index contributed by atoms with van der Waals surface area (Å²) in [5.41, 5.74) is 2.13. The molecule has 0 unspecified atom stereocenters. The van der Waals surface area contributed by atoms with E-state index in [4.69, 9.17) is 14.2 Å². The molecule has 0 saturated heterocycles. The first-order chi connectivity index (χ1) is 12.2. The monoisotopic (exact) mass is 345 g/mol. The molecule has 0 spiro atoms. The Kier molecular flexibility index (Phi) is 6.56. The second-order valence-corrected chi connectivity index (χ2v) is 5.25. The van der Waals surface area contributed by atoms with E-state index in [1.807, 2.05) is 13.0 Å². The molecular weight excluding hydrogens is 322 g/mol. The van der Waals surface area contributed by atoms with Gasteiger partial charge in [0, 0.05) is 11.1 Å². The number of esters is 1. The van der Waals surface area contributed by atoms with E-state index in [9.17, 15) is 4.79 Å². The van der Waals surface area contributed by atoms with Crippen molar-refractivity contribution in [1.82, 2.24) is 15.4 Å². The summed E-state index contributed by atoms with van der Waals surface area (Å²) in [6.45, 7) is 8.41. The second kappa shape index (κ2) is 8.86. The Morgan fingerprint density at radius 2 is 2.12 bits per heavy atom. The average molecular weight is 345 g/mol. The molecule has 0 aliphatic carbocycles. The molecule has 1 N–H and O–H groups in total. The van der Waals surface area contributed by atoms with Crippen molar-refractivity contribution in [2.24, 2.45) is 0 Å². The summed E-state index contributed by atoms with van der Waals surface area (Å²) in [7, 11) is 1.57. The van der Waals surface area contributed by atoms with Crippen LogP contribution in [0.1, 0.15) is 36.3 Å². The van der Waals surface area contributed by atoms with Gasteiger partial charge in [-0.15, -0.1) is 11.7 Å². The molecule has 1 aromatic heterocycles. The first-order valence-electron chi connectivity index (χ1n) is 8.19. The van der Waals surface area contributed by atoms with Gasteiger partial charge in [0.25, 0.3) is 0 Å². The highest BCUT2D eigenvalue weighted by Crippen LogP contribution is 2.37. The van der Waals surface area contributed by atoms with Gasteiger partial charge in [0.2, 0.25) is 0 Å². The van der Waals surface area contributed by atoms with E-state index in [1.54, 1.807) is 26.2 Å². The largest absolute Gasteiger partial charge is 0.493 e. The number of allylic oxidation sites excluding steroid dienone is 1. The molecule has 1 heterocycles. The van der Waals surface area contributed by atoms with E-state index in [2.05, 4.69) is 22.0 Å². The quantitative estimate of drug-likeness (QED) is 0.555. The molecule has 25 heavy (non-hydrogen) atoms. The lowest BCUT2D eigenvalue weighted by Gasteiger charge is -2.16. The lowest BCUT2D eigenvalue weighted by Crippen LogP contribution is -2.07. The van der Waals surface area contributed by atoms with Gasteiger partial charge in [-0.05, 0) is 31.9 Å². The minimum absolute atomic E-state index is 0.135. The minimum Gasteiger partial charge on any atom is -0.493 e. The minimum atomic E-state index is -0.526. The first kappa shape index (κ1) is 18.5. The number of nitrogens with one attached hydrogen (secondary N) is 1. The zero-order valence-corrected chi connectivity index (χ0v) is 14.8. The summed E-state index contributed by atoms with van der Waals surface area (Å²) < 4.78 is 16.3. The number of benzene rings is 1. The molecular formula is C18H23N3O4. The maximum atomic E-state index is 12.1. The van der Waals surface area contributed by atoms with E-state index in [-0.39, 0.29) is 12.3 Å². The highest BCUT2D eigenvalue weighted by Gasteiger charge is 2.22. The Labute approximate surface area is 147 Å². The van der Waals surface area contributed by atoms with E-state index < -0.39 is 5.97 Å². The van der Waals surface area contributed by atoms with Crippen LogP contribution in [0.15, 0.2) is 24.8 Å². The summed E-state index contributed by atoms with van der Waals surface area (Å²) in [5.74, 6) is 0.719. The van der Waals surface area contributed by atoms with Crippen LogP contribution in [-0.4, -0.2) is 41.7 Å². The number of hydrogen-bond acceptors (Lipinski definition) is 6. The molecule has 134 valence electrons. The molecule has 0 aliphatic rings. The average Bonchev–Trinajstić information content (AvgIpc) is 3.10. The third kappa shape index (κ3) is 4.17. The van der Waals surface area contributed by atoms with Crippen LogP contribution in [0.4, 0.5) is 0 Å². The van der Waals surface area contributed by atoms with Crippen molar-refractivity contribution >= 4 is 5.97 Å². The second-order valence-electron chi connectivity index (χ2n) is 5.25. The number of methoxy groups -OCH3 is 1. The molecule has 2 aromatic rings. The number of aromatic nitrogens is 3. The summed E-state index contributed by atoms with van der Waals surface area (Å²) in [4.78, 5) is 12.1. The number of nitrogens with zero attached hydrogens (tertiary/aromatic N) is 2. The number of H-pyrrole nitrogens is 1. The van der Waals surface area contributed by atoms with Crippen molar-refractivity contribution in [2.45, 2.75) is 26.7 Å². The summed E-state index contributed by atoms with van der Waals surface area (Å²) in [6.07, 6.45) is 3.26. The fraction of sp³-hybridized carbons (Fsp3) is 0.389. The van der Waals surface area contributed by atoms with Gasteiger partial charge in [-0.1, -0.05) is 13.0 Å². The van der Waals surface area contributed by atoms with Gasteiger partial charge in [0.05, 0.1) is 20.3 Å². The molecule has 2 rings (SSSR count). The highest BCUT2D eigenvalue weighted by atomic mass is 16.5. The van der Waals surface area contributed by atoms with Crippen LogP contribution in [0, 0.1) is 0 Å². The van der Waals surface area contributed by atoms with Crippen LogP contribution in [0.5, 0.6) is 11.5 Å². The molecule has 0 bridgehead atoms. The number of ether oxygens (including phenoxy) is 3. The van der Waals surface area contributed by atoms with Gasteiger partial charge in [0.1, 0.15) is 5.69 Å². The number of aromatic amines is 1. The topological polar surface area (TPSA) is 86.3 Å². The molecule has 0 fully saturated rings. The fourth-order valence-corrected chi connectivity index (χ4v) is 2.40. The smallest absolute Gasteiger partial charge is 0.361 e. The third-order valence-corrected chi connectivity index (χ3v) is 3.46. The summed E-state index contributed by atoms with van der Waals surface area (Å²) >= 11 is 0. The first-order valence-corrected chi connectivity index (χ1v) is 8.19. The lowest BCUT2D eigenvalue weighted by molar-refractivity contribution is 0.0520. The Morgan fingerprint density at radius 1 is 1.32 bits per heavy atom. The normalized spacial score (nSPS) is 10.4. The van der Waals surface area contributed by atoms with Crippen LogP contribution in [-0.2, 0) is 11.2 Å². The van der Waals surface area contributed by atoms with E-state index in [1.165, 1.54) is 0 Å². The van der Waals surface area contributed by atoms with Crippen molar-refractivity contribution in [2.75, 3.05) is 20.3 Å². The van der Waals surface area contributed by atoms with Gasteiger partial charge < -0.3 is 14.2 Å². The van der Waals surface area contributed by atoms with Gasteiger partial charge in [0.15, 0.2) is 17.2 Å². The Morgan fingerprint density at radius 3 is 2.76 bits per heavy atom. The molecule has 0 amide bonds. The summed E-state index contributed by atoms with van der Waals surface area (Å²) in [5, 5.41) is 10.5. The zero-order chi connectivity index (χ0) is 18.2. The van der Waals surface area contributed by atoms with Gasteiger partial charge in [-0.2, -0.15) is 10.3 Å². The fourth-order valence-electron chi connectivity index (χ4n) is 2.40. The van der Waals surface area contributed by atoms with Gasteiger partial charge >= 0.3 is 5.97 Å². The van der Waals surface area contributed by atoms with Crippen molar-refractivity contribution < 1.29 is 19.0 Å². The van der Waals surface area contributed by atoms with Gasteiger partial charge in [-0.25, -0.2) is 4.79 Å². The zero-order valence-electron chi connectivity index (χ0n) is 14.8. The predicted molar refractivity (Wildman–Crippen MR) is 94.0 cm³/mol. The Hall–Kier alpha value is -2.83. The molecule has 0 radical (unpaired) electrons. The van der Waals surface area contributed by atoms with Crippen LogP contribution < -0.4 is 9.47 Å². The van der Waals surface area contributed by atoms with E-state index in [0.29, 0.717) is 35.8 Å². The highest BCUT2D eigenvalue weighted by molar-refractivity contribution is 5.94. The van der Waals surface area contributed by atoms with E-state index >= 15 is 0 Å². The Balaban J connectivity index is 2.52. The van der Waals surface area contributed by atoms with E-state index in [0.717, 1.165) is 12.0 Å². The van der Waals surface area contributed by atoms with Gasteiger partial charge in [-0.3, -0.25) is 0 Å². The predicted octanol–water partition coefficient (Wildman–Crippen LogP) is 3.17. The van der Waals surface area contributed by atoms with Crippen LogP contribution in [0.3, 0.4) is 0 Å². The summed E-state index contributed by atoms with van der Waals surface area (Å²) in [6, 6.07) is 3.67. The van der Waals surface area contributed by atoms with Crippen molar-refractivity contribution in [3.8, 4) is 22.8 Å².